The molecule has 7 nitrogen and oxygen atoms in total. The third-order valence-electron chi connectivity index (χ3n) is 4.63. The predicted octanol–water partition coefficient (Wildman–Crippen LogP) is 1.83. The van der Waals surface area contributed by atoms with Gasteiger partial charge in [0.25, 0.3) is 5.91 Å². The molecule has 0 atom stereocenters. The summed E-state index contributed by atoms with van der Waals surface area (Å²) in [7, 11) is 1.58. The second-order valence-corrected chi connectivity index (χ2v) is 6.30. The van der Waals surface area contributed by atoms with Crippen LogP contribution in [0.25, 0.3) is 11.0 Å². The summed E-state index contributed by atoms with van der Waals surface area (Å²) in [4.78, 5) is 38.9. The van der Waals surface area contributed by atoms with Crippen LogP contribution in [0, 0.1) is 5.92 Å². The van der Waals surface area contributed by atoms with Crippen LogP contribution in [-0.2, 0) is 9.59 Å². The van der Waals surface area contributed by atoms with Crippen LogP contribution in [0.15, 0.2) is 34.9 Å². The van der Waals surface area contributed by atoms with Gasteiger partial charge in [-0.05, 0) is 18.9 Å². The second kappa shape index (κ2) is 6.96. The van der Waals surface area contributed by atoms with Crippen molar-refractivity contribution in [2.24, 2.45) is 5.92 Å². The number of nitrogens with zero attached hydrogens (tertiary/aromatic N) is 2. The van der Waals surface area contributed by atoms with E-state index in [0.717, 1.165) is 0 Å². The molecule has 25 heavy (non-hydrogen) atoms. The summed E-state index contributed by atoms with van der Waals surface area (Å²) < 4.78 is 5.38. The Labute approximate surface area is 144 Å². The van der Waals surface area contributed by atoms with E-state index in [2.05, 4.69) is 0 Å². The number of para-hydroxylation sites is 1. The van der Waals surface area contributed by atoms with Crippen LogP contribution >= 0.6 is 0 Å². The molecule has 0 radical (unpaired) electrons. The number of benzene rings is 1. The molecule has 3 rings (SSSR count). The van der Waals surface area contributed by atoms with Crippen LogP contribution in [0.2, 0.25) is 0 Å². The Bertz CT molecular complexity index is 805. The molecule has 0 aliphatic carbocycles. The highest BCUT2D eigenvalue weighted by molar-refractivity contribution is 6.06. The van der Waals surface area contributed by atoms with Crippen LogP contribution in [-0.4, -0.2) is 59.4 Å². The summed E-state index contributed by atoms with van der Waals surface area (Å²) >= 11 is 0. The monoisotopic (exact) mass is 344 g/mol. The maximum absolute atomic E-state index is 12.6. The van der Waals surface area contributed by atoms with E-state index in [0.29, 0.717) is 42.5 Å². The van der Waals surface area contributed by atoms with Crippen LogP contribution in [0.5, 0.6) is 0 Å². The first-order valence-corrected chi connectivity index (χ1v) is 8.19. The van der Waals surface area contributed by atoms with E-state index in [1.807, 2.05) is 12.1 Å². The normalized spacial score (nSPS) is 15.3. The number of fused-ring (bicyclic) bond motifs is 1. The van der Waals surface area contributed by atoms with Gasteiger partial charge < -0.3 is 19.3 Å². The Hall–Kier alpha value is -2.83. The molecular weight excluding hydrogens is 324 g/mol. The van der Waals surface area contributed by atoms with Crippen molar-refractivity contribution >= 4 is 28.8 Å². The Morgan fingerprint density at radius 1 is 1.24 bits per heavy atom. The van der Waals surface area contributed by atoms with Gasteiger partial charge in [-0.3, -0.25) is 14.4 Å². The number of hydrogen-bond acceptors (Lipinski definition) is 4. The van der Waals surface area contributed by atoms with Gasteiger partial charge in [-0.1, -0.05) is 18.2 Å². The number of carbonyl (C=O) groups is 3. The fourth-order valence-corrected chi connectivity index (χ4v) is 3.10. The van der Waals surface area contributed by atoms with Crippen molar-refractivity contribution in [2.45, 2.75) is 12.8 Å². The SMILES string of the molecule is CN(CC(=O)N1CCC(C(=O)O)CC1)C(=O)c1coc2ccccc12. The smallest absolute Gasteiger partial charge is 0.306 e. The Morgan fingerprint density at radius 2 is 1.92 bits per heavy atom. The lowest BCUT2D eigenvalue weighted by Gasteiger charge is -2.31. The average Bonchev–Trinajstić information content (AvgIpc) is 3.05. The molecule has 132 valence electrons. The van der Waals surface area contributed by atoms with Gasteiger partial charge in [0.2, 0.25) is 5.91 Å². The minimum atomic E-state index is -0.814. The Morgan fingerprint density at radius 3 is 2.60 bits per heavy atom. The Kier molecular flexibility index (Phi) is 4.74. The molecule has 1 saturated heterocycles. The number of aliphatic carboxylic acids is 1. The van der Waals surface area contributed by atoms with Crippen LogP contribution < -0.4 is 0 Å². The van der Waals surface area contributed by atoms with Gasteiger partial charge in [0.05, 0.1) is 18.0 Å². The van der Waals surface area contributed by atoms with Gasteiger partial charge in [-0.2, -0.15) is 0 Å². The number of likely N-dealkylation sites (N-methyl/N-ethyl adjacent to an activating group) is 1. The van der Waals surface area contributed by atoms with Crippen molar-refractivity contribution in [3.8, 4) is 0 Å². The van der Waals surface area contributed by atoms with Gasteiger partial charge in [-0.15, -0.1) is 0 Å². The molecule has 1 aliphatic heterocycles. The van der Waals surface area contributed by atoms with E-state index >= 15 is 0 Å². The average molecular weight is 344 g/mol. The second-order valence-electron chi connectivity index (χ2n) is 6.30. The number of likely N-dealkylation sites (tertiary alicyclic amines) is 1. The highest BCUT2D eigenvalue weighted by atomic mass is 16.4. The molecule has 1 fully saturated rings. The van der Waals surface area contributed by atoms with Crippen LogP contribution in [0.4, 0.5) is 0 Å². The summed E-state index contributed by atoms with van der Waals surface area (Å²) in [5, 5.41) is 9.73. The fourth-order valence-electron chi connectivity index (χ4n) is 3.10. The van der Waals surface area contributed by atoms with Gasteiger partial charge in [-0.25, -0.2) is 0 Å². The molecule has 0 unspecified atom stereocenters. The zero-order valence-electron chi connectivity index (χ0n) is 14.0. The zero-order chi connectivity index (χ0) is 18.0. The third-order valence-corrected chi connectivity index (χ3v) is 4.63. The molecule has 0 saturated carbocycles. The first kappa shape index (κ1) is 17.0. The minimum Gasteiger partial charge on any atom is -0.481 e. The first-order valence-electron chi connectivity index (χ1n) is 8.19. The first-order chi connectivity index (χ1) is 12.0. The topological polar surface area (TPSA) is 91.1 Å². The number of carboxylic acids is 1. The lowest BCUT2D eigenvalue weighted by Crippen LogP contribution is -2.45. The van der Waals surface area contributed by atoms with Gasteiger partial charge in [0, 0.05) is 25.5 Å². The van der Waals surface area contributed by atoms with E-state index in [4.69, 9.17) is 9.52 Å². The molecule has 1 aromatic heterocycles. The number of amides is 2. The summed E-state index contributed by atoms with van der Waals surface area (Å²) in [5.41, 5.74) is 1.05. The van der Waals surface area contributed by atoms with Crippen molar-refractivity contribution in [2.75, 3.05) is 26.7 Å². The van der Waals surface area contributed by atoms with Crippen molar-refractivity contribution in [3.63, 3.8) is 0 Å². The number of rotatable bonds is 4. The molecule has 1 aromatic carbocycles. The zero-order valence-corrected chi connectivity index (χ0v) is 14.0. The quantitative estimate of drug-likeness (QED) is 0.914. The molecule has 0 bridgehead atoms. The van der Waals surface area contributed by atoms with Crippen molar-refractivity contribution < 1.29 is 23.9 Å². The largest absolute Gasteiger partial charge is 0.481 e. The van der Waals surface area contributed by atoms with Crippen molar-refractivity contribution in [3.05, 3.63) is 36.1 Å². The van der Waals surface area contributed by atoms with E-state index in [1.54, 1.807) is 24.1 Å². The highest BCUT2D eigenvalue weighted by Crippen LogP contribution is 2.22. The maximum Gasteiger partial charge on any atom is 0.306 e. The Balaban J connectivity index is 1.62. The van der Waals surface area contributed by atoms with Gasteiger partial charge >= 0.3 is 5.97 Å². The van der Waals surface area contributed by atoms with E-state index in [1.165, 1.54) is 11.2 Å². The van der Waals surface area contributed by atoms with Gasteiger partial charge in [0.15, 0.2) is 0 Å². The van der Waals surface area contributed by atoms with E-state index < -0.39 is 5.97 Å². The molecule has 2 amide bonds. The summed E-state index contributed by atoms with van der Waals surface area (Å²) in [6.45, 7) is 0.773. The predicted molar refractivity (Wildman–Crippen MR) is 90.1 cm³/mol. The summed E-state index contributed by atoms with van der Waals surface area (Å²) in [6.07, 6.45) is 2.31. The lowest BCUT2D eigenvalue weighted by molar-refractivity contribution is -0.145. The van der Waals surface area contributed by atoms with Crippen LogP contribution in [0.1, 0.15) is 23.2 Å². The summed E-state index contributed by atoms with van der Waals surface area (Å²) in [5.74, 6) is -1.65. The molecule has 2 heterocycles. The van der Waals surface area contributed by atoms with Crippen molar-refractivity contribution in [1.29, 1.82) is 0 Å². The van der Waals surface area contributed by atoms with E-state index in [-0.39, 0.29) is 24.3 Å². The number of hydrogen-bond donors (Lipinski definition) is 1. The molecule has 2 aromatic rings. The highest BCUT2D eigenvalue weighted by Gasteiger charge is 2.28. The standard InChI is InChI=1S/C18H20N2O5/c1-19(10-16(21)20-8-6-12(7-9-20)18(23)24)17(22)14-11-25-15-5-3-2-4-13(14)15/h2-5,11-12H,6-10H2,1H3,(H,23,24). The third kappa shape index (κ3) is 3.50. The van der Waals surface area contributed by atoms with Crippen LogP contribution in [0.3, 0.4) is 0 Å². The number of furan rings is 1. The molecule has 7 heteroatoms. The molecule has 1 N–H and O–H groups in total. The molecule has 0 spiro atoms. The fraction of sp³-hybridized carbons (Fsp3) is 0.389. The van der Waals surface area contributed by atoms with Gasteiger partial charge in [0.1, 0.15) is 11.8 Å². The van der Waals surface area contributed by atoms with Crippen molar-refractivity contribution in [1.82, 2.24) is 9.80 Å². The molecule has 1 aliphatic rings. The number of piperidine rings is 1. The maximum atomic E-state index is 12.6. The molecular formula is C18H20N2O5. The summed E-state index contributed by atoms with van der Waals surface area (Å²) in [6, 6.07) is 7.24. The van der Waals surface area contributed by atoms with E-state index in [9.17, 15) is 14.4 Å². The number of carboxylic acid groups (broad SMARTS) is 1. The minimum absolute atomic E-state index is 0.0456. The lowest BCUT2D eigenvalue weighted by atomic mass is 9.97. The number of carbonyl (C=O) groups excluding carboxylic acids is 2.